The molecule has 1 fully saturated rings. The number of halogens is 1. The molecular weight excluding hydrogens is 271 g/mol. The predicted molar refractivity (Wildman–Crippen MR) is 79.5 cm³/mol. The van der Waals surface area contributed by atoms with Crippen molar-refractivity contribution in [3.63, 3.8) is 0 Å². The second-order valence-electron chi connectivity index (χ2n) is 6.44. The molecule has 0 unspecified atom stereocenters. The number of rotatable bonds is 3. The Bertz CT molecular complexity index is 531. The Morgan fingerprint density at radius 3 is 2.57 bits per heavy atom. The maximum Gasteiger partial charge on any atom is 0.232 e. The summed E-state index contributed by atoms with van der Waals surface area (Å²) in [4.78, 5) is 16.4. The molecule has 1 aromatic rings. The van der Waals surface area contributed by atoms with E-state index in [4.69, 9.17) is 0 Å². The van der Waals surface area contributed by atoms with Crippen LogP contribution in [-0.2, 0) is 10.2 Å². The number of hydrogen-bond donors (Lipinski definition) is 1. The van der Waals surface area contributed by atoms with Crippen LogP contribution >= 0.6 is 0 Å². The second kappa shape index (κ2) is 5.73. The zero-order chi connectivity index (χ0) is 15.8. The van der Waals surface area contributed by atoms with Gasteiger partial charge in [0.05, 0.1) is 17.6 Å². The lowest BCUT2D eigenvalue weighted by atomic mass is 9.83. The maximum absolute atomic E-state index is 13.4. The molecule has 1 heterocycles. The van der Waals surface area contributed by atoms with E-state index in [1.165, 1.54) is 12.1 Å². The Hall–Kier alpha value is -1.46. The lowest BCUT2D eigenvalue weighted by molar-refractivity contribution is -0.135. The molecule has 0 saturated carbocycles. The smallest absolute Gasteiger partial charge is 0.232 e. The standard InChI is InChI=1S/C16H23FN2O2/c1-16(2,11-6-5-7-12(17)8-11)15(21)19-9-13(18(3)4)14(20)10-19/h5-8,13-14,20H,9-10H2,1-4H3/t13-,14-/m1/s1. The summed E-state index contributed by atoms with van der Waals surface area (Å²) in [5.41, 5.74) is -0.168. The number of carbonyl (C=O) groups excluding carboxylic acids is 1. The number of β-amino-alcohol motifs (C(OH)–C–C–N with tert-alkyl or cyclic N) is 1. The Morgan fingerprint density at radius 2 is 2.05 bits per heavy atom. The number of benzene rings is 1. The van der Waals surface area contributed by atoms with Crippen molar-refractivity contribution in [2.45, 2.75) is 31.4 Å². The summed E-state index contributed by atoms with van der Waals surface area (Å²) in [7, 11) is 3.78. The van der Waals surface area contributed by atoms with Crippen LogP contribution in [0.2, 0.25) is 0 Å². The van der Waals surface area contributed by atoms with Gasteiger partial charge in [-0.15, -0.1) is 0 Å². The Labute approximate surface area is 125 Å². The summed E-state index contributed by atoms with van der Waals surface area (Å²) < 4.78 is 13.4. The summed E-state index contributed by atoms with van der Waals surface area (Å²) in [6.07, 6.45) is -0.549. The zero-order valence-electron chi connectivity index (χ0n) is 13.0. The van der Waals surface area contributed by atoms with E-state index in [0.717, 1.165) is 0 Å². The average molecular weight is 294 g/mol. The van der Waals surface area contributed by atoms with Gasteiger partial charge >= 0.3 is 0 Å². The highest BCUT2D eigenvalue weighted by molar-refractivity contribution is 5.87. The van der Waals surface area contributed by atoms with Gasteiger partial charge in [-0.05, 0) is 45.6 Å². The van der Waals surface area contributed by atoms with Gasteiger partial charge in [0.1, 0.15) is 5.82 Å². The molecule has 4 nitrogen and oxygen atoms in total. The van der Waals surface area contributed by atoms with Crippen LogP contribution in [0.3, 0.4) is 0 Å². The van der Waals surface area contributed by atoms with E-state index in [1.54, 1.807) is 30.9 Å². The normalized spacial score (nSPS) is 22.9. The van der Waals surface area contributed by atoms with Crippen molar-refractivity contribution in [2.75, 3.05) is 27.2 Å². The zero-order valence-corrected chi connectivity index (χ0v) is 13.0. The van der Waals surface area contributed by atoms with Crippen molar-refractivity contribution >= 4 is 5.91 Å². The van der Waals surface area contributed by atoms with Crippen LogP contribution in [0.4, 0.5) is 4.39 Å². The number of aliphatic hydroxyl groups is 1. The highest BCUT2D eigenvalue weighted by atomic mass is 19.1. The van der Waals surface area contributed by atoms with Gasteiger partial charge in [-0.25, -0.2) is 4.39 Å². The number of aliphatic hydroxyl groups excluding tert-OH is 1. The lowest BCUT2D eigenvalue weighted by Crippen LogP contribution is -2.43. The Kier molecular flexibility index (Phi) is 4.35. The molecule has 2 rings (SSSR count). The van der Waals surface area contributed by atoms with E-state index in [0.29, 0.717) is 18.7 Å². The molecule has 0 aromatic heterocycles. The molecular formula is C16H23FN2O2. The van der Waals surface area contributed by atoms with Crippen molar-refractivity contribution < 1.29 is 14.3 Å². The molecule has 1 N–H and O–H groups in total. The number of nitrogens with zero attached hydrogens (tertiary/aromatic N) is 2. The topological polar surface area (TPSA) is 43.8 Å². The molecule has 1 amide bonds. The predicted octanol–water partition coefficient (Wildman–Crippen LogP) is 1.24. The largest absolute Gasteiger partial charge is 0.390 e. The van der Waals surface area contributed by atoms with Gasteiger partial charge in [0.25, 0.3) is 0 Å². The van der Waals surface area contributed by atoms with Crippen LogP contribution in [-0.4, -0.2) is 60.1 Å². The number of carbonyl (C=O) groups is 1. The molecule has 2 atom stereocenters. The van der Waals surface area contributed by atoms with Crippen molar-refractivity contribution in [1.82, 2.24) is 9.80 Å². The molecule has 1 aliphatic rings. The first-order chi connectivity index (χ1) is 9.73. The van der Waals surface area contributed by atoms with E-state index >= 15 is 0 Å². The van der Waals surface area contributed by atoms with E-state index in [1.807, 2.05) is 19.0 Å². The molecule has 116 valence electrons. The first kappa shape index (κ1) is 15.9. The summed E-state index contributed by atoms with van der Waals surface area (Å²) in [6, 6.07) is 6.08. The minimum Gasteiger partial charge on any atom is -0.390 e. The highest BCUT2D eigenvalue weighted by Gasteiger charge is 2.41. The Balaban J connectivity index is 2.20. The van der Waals surface area contributed by atoms with Crippen LogP contribution in [0.5, 0.6) is 0 Å². The molecule has 0 radical (unpaired) electrons. The Morgan fingerprint density at radius 1 is 1.38 bits per heavy atom. The molecule has 5 heteroatoms. The van der Waals surface area contributed by atoms with Crippen molar-refractivity contribution in [3.05, 3.63) is 35.6 Å². The number of likely N-dealkylation sites (tertiary alicyclic amines) is 1. The van der Waals surface area contributed by atoms with Crippen LogP contribution in [0.25, 0.3) is 0 Å². The lowest BCUT2D eigenvalue weighted by Gasteiger charge is -2.30. The average Bonchev–Trinajstić information content (AvgIpc) is 2.80. The minimum absolute atomic E-state index is 0.0581. The number of amides is 1. The van der Waals surface area contributed by atoms with Crippen molar-refractivity contribution in [2.24, 2.45) is 0 Å². The van der Waals surface area contributed by atoms with Gasteiger partial charge in [0, 0.05) is 13.1 Å². The molecule has 21 heavy (non-hydrogen) atoms. The molecule has 0 aliphatic carbocycles. The minimum atomic E-state index is -0.816. The van der Waals surface area contributed by atoms with Gasteiger partial charge in [-0.2, -0.15) is 0 Å². The van der Waals surface area contributed by atoms with Crippen molar-refractivity contribution in [1.29, 1.82) is 0 Å². The first-order valence-electron chi connectivity index (χ1n) is 7.13. The molecule has 1 saturated heterocycles. The SMILES string of the molecule is CN(C)[C@@H]1CN(C(=O)C(C)(C)c2cccc(F)c2)C[C@H]1O. The van der Waals surface area contributed by atoms with Gasteiger partial charge in [0.2, 0.25) is 5.91 Å². The van der Waals surface area contributed by atoms with Gasteiger partial charge in [-0.1, -0.05) is 12.1 Å². The summed E-state index contributed by atoms with van der Waals surface area (Å²) in [5.74, 6) is -0.433. The third kappa shape index (κ3) is 3.09. The number of likely N-dealkylation sites (N-methyl/N-ethyl adjacent to an activating group) is 1. The van der Waals surface area contributed by atoms with Crippen molar-refractivity contribution in [3.8, 4) is 0 Å². The monoisotopic (exact) mass is 294 g/mol. The van der Waals surface area contributed by atoms with Crippen LogP contribution < -0.4 is 0 Å². The fourth-order valence-electron chi connectivity index (χ4n) is 2.84. The second-order valence-corrected chi connectivity index (χ2v) is 6.44. The van der Waals surface area contributed by atoms with Gasteiger partial charge in [-0.3, -0.25) is 4.79 Å². The molecule has 0 bridgehead atoms. The third-order valence-corrected chi connectivity index (χ3v) is 4.29. The third-order valence-electron chi connectivity index (χ3n) is 4.29. The summed E-state index contributed by atoms with van der Waals surface area (Å²) in [5, 5.41) is 10.1. The first-order valence-corrected chi connectivity index (χ1v) is 7.13. The molecule has 1 aromatic carbocycles. The quantitative estimate of drug-likeness (QED) is 0.912. The van der Waals surface area contributed by atoms with E-state index < -0.39 is 11.5 Å². The van der Waals surface area contributed by atoms with Crippen LogP contribution in [0.15, 0.2) is 24.3 Å². The highest BCUT2D eigenvalue weighted by Crippen LogP contribution is 2.28. The van der Waals surface area contributed by atoms with E-state index in [-0.39, 0.29) is 17.8 Å². The fourth-order valence-corrected chi connectivity index (χ4v) is 2.84. The number of hydrogen-bond acceptors (Lipinski definition) is 3. The molecule has 1 aliphatic heterocycles. The fraction of sp³-hybridized carbons (Fsp3) is 0.562. The maximum atomic E-state index is 13.4. The van der Waals surface area contributed by atoms with E-state index in [2.05, 4.69) is 0 Å². The van der Waals surface area contributed by atoms with Gasteiger partial charge in [0.15, 0.2) is 0 Å². The summed E-state index contributed by atoms with van der Waals surface area (Å²) in [6.45, 7) is 4.39. The van der Waals surface area contributed by atoms with Gasteiger partial charge < -0.3 is 14.9 Å². The van der Waals surface area contributed by atoms with Crippen LogP contribution in [0, 0.1) is 5.82 Å². The summed E-state index contributed by atoms with van der Waals surface area (Å²) >= 11 is 0. The van der Waals surface area contributed by atoms with Crippen LogP contribution in [0.1, 0.15) is 19.4 Å². The van der Waals surface area contributed by atoms with E-state index in [9.17, 15) is 14.3 Å². The molecule has 0 spiro atoms.